The Bertz CT molecular complexity index is 825. The van der Waals surface area contributed by atoms with E-state index in [9.17, 15) is 14.4 Å². The number of nitrogens with one attached hydrogen (secondary N) is 2. The number of likely N-dealkylation sites (N-methyl/N-ethyl adjacent to an activating group) is 1. The average molecular weight is 365 g/mol. The topological polar surface area (TPSA) is 113 Å². The zero-order valence-electron chi connectivity index (χ0n) is 14.4. The fourth-order valence-electron chi connectivity index (χ4n) is 2.43. The number of hydrogen-bond acceptors (Lipinski definition) is 6. The highest BCUT2D eigenvalue weighted by molar-refractivity contribution is 7.09. The average Bonchev–Trinajstić information content (AvgIpc) is 3.06. The van der Waals surface area contributed by atoms with Crippen LogP contribution < -0.4 is 27.2 Å². The fraction of sp³-hybridized carbons (Fsp3) is 0.438. The summed E-state index contributed by atoms with van der Waals surface area (Å²) in [6.07, 6.45) is 1.65. The van der Waals surface area contributed by atoms with Gasteiger partial charge in [-0.3, -0.25) is 19.1 Å². The van der Waals surface area contributed by atoms with Crippen LogP contribution in [0.25, 0.3) is 0 Å². The molecule has 0 unspecified atom stereocenters. The summed E-state index contributed by atoms with van der Waals surface area (Å²) in [5.41, 5.74) is 5.03. The van der Waals surface area contributed by atoms with Crippen LogP contribution in [0.1, 0.15) is 24.6 Å². The van der Waals surface area contributed by atoms with Crippen LogP contribution in [0.15, 0.2) is 27.1 Å². The molecular weight excluding hydrogens is 342 g/mol. The first-order valence-corrected chi connectivity index (χ1v) is 8.94. The number of nitrogens with two attached hydrogens (primary N) is 1. The van der Waals surface area contributed by atoms with Crippen LogP contribution in [0.2, 0.25) is 0 Å². The Labute approximate surface area is 149 Å². The first-order valence-electron chi connectivity index (χ1n) is 8.06. The van der Waals surface area contributed by atoms with Crippen molar-refractivity contribution in [3.05, 3.63) is 43.2 Å². The maximum absolute atomic E-state index is 12.1. The number of rotatable bonds is 8. The van der Waals surface area contributed by atoms with E-state index in [4.69, 9.17) is 5.73 Å². The highest BCUT2D eigenvalue weighted by atomic mass is 32.1. The summed E-state index contributed by atoms with van der Waals surface area (Å²) in [6.45, 7) is 2.82. The zero-order valence-corrected chi connectivity index (χ0v) is 15.2. The second kappa shape index (κ2) is 8.52. The predicted octanol–water partition coefficient (Wildman–Crippen LogP) is 0.733. The van der Waals surface area contributed by atoms with E-state index >= 15 is 0 Å². The van der Waals surface area contributed by atoms with Crippen LogP contribution in [0.4, 0.5) is 11.5 Å². The lowest BCUT2D eigenvalue weighted by molar-refractivity contribution is -0.119. The number of hydrogen-bond donors (Lipinski definition) is 3. The SMILES string of the molecule is CCCCn1c(N)c(N(C)CC(=O)NCc2cccs2)c(=O)[nH]c1=O. The van der Waals surface area contributed by atoms with Crippen LogP contribution >= 0.6 is 11.3 Å². The molecule has 9 heteroatoms. The van der Waals surface area contributed by atoms with E-state index < -0.39 is 11.2 Å². The van der Waals surface area contributed by atoms with Gasteiger partial charge in [-0.25, -0.2) is 4.79 Å². The summed E-state index contributed by atoms with van der Waals surface area (Å²) in [7, 11) is 1.60. The number of thiophene rings is 1. The number of anilines is 2. The molecule has 8 nitrogen and oxygen atoms in total. The van der Waals surface area contributed by atoms with Crippen molar-refractivity contribution in [3.63, 3.8) is 0 Å². The lowest BCUT2D eigenvalue weighted by Crippen LogP contribution is -2.41. The lowest BCUT2D eigenvalue weighted by Gasteiger charge is -2.21. The van der Waals surface area contributed by atoms with E-state index in [-0.39, 0.29) is 24.0 Å². The molecule has 0 aliphatic heterocycles. The molecule has 0 saturated heterocycles. The van der Waals surface area contributed by atoms with E-state index in [2.05, 4.69) is 10.3 Å². The van der Waals surface area contributed by atoms with Crippen LogP contribution in [-0.4, -0.2) is 29.1 Å². The Hall–Kier alpha value is -2.55. The number of carbonyl (C=O) groups is 1. The summed E-state index contributed by atoms with van der Waals surface area (Å²) in [5, 5.41) is 4.73. The van der Waals surface area contributed by atoms with Gasteiger partial charge in [0, 0.05) is 18.5 Å². The summed E-state index contributed by atoms with van der Waals surface area (Å²) < 4.78 is 1.33. The fourth-order valence-corrected chi connectivity index (χ4v) is 3.08. The molecule has 0 radical (unpaired) electrons. The van der Waals surface area contributed by atoms with Crippen LogP contribution in [0.3, 0.4) is 0 Å². The Kier molecular flexibility index (Phi) is 6.40. The van der Waals surface area contributed by atoms with Crippen molar-refractivity contribution in [2.75, 3.05) is 24.2 Å². The molecule has 4 N–H and O–H groups in total. The number of amides is 1. The summed E-state index contributed by atoms with van der Waals surface area (Å²) >= 11 is 1.55. The van der Waals surface area contributed by atoms with Gasteiger partial charge in [0.1, 0.15) is 11.5 Å². The first kappa shape index (κ1) is 18.8. The highest BCUT2D eigenvalue weighted by Crippen LogP contribution is 2.15. The molecule has 0 spiro atoms. The van der Waals surface area contributed by atoms with Crippen molar-refractivity contribution in [3.8, 4) is 0 Å². The van der Waals surface area contributed by atoms with Crippen LogP contribution in [0, 0.1) is 0 Å². The third kappa shape index (κ3) is 4.72. The zero-order chi connectivity index (χ0) is 18.4. The van der Waals surface area contributed by atoms with Gasteiger partial charge < -0.3 is 16.0 Å². The second-order valence-electron chi connectivity index (χ2n) is 5.71. The van der Waals surface area contributed by atoms with Crippen molar-refractivity contribution in [2.24, 2.45) is 0 Å². The number of H-pyrrole nitrogens is 1. The standard InChI is InChI=1S/C16H23N5O3S/c1-3-4-7-21-14(17)13(15(23)19-16(21)24)20(2)10-12(22)18-9-11-6-5-8-25-11/h5-6,8H,3-4,7,9-10,17H2,1-2H3,(H,18,22)(H,19,23,24). The van der Waals surface area contributed by atoms with Crippen LogP contribution in [0.5, 0.6) is 0 Å². The molecule has 0 aromatic carbocycles. The quantitative estimate of drug-likeness (QED) is 0.638. The maximum Gasteiger partial charge on any atom is 0.330 e. The van der Waals surface area contributed by atoms with E-state index in [0.29, 0.717) is 13.1 Å². The number of carbonyl (C=O) groups excluding carboxylic acids is 1. The number of nitrogens with zero attached hydrogens (tertiary/aromatic N) is 2. The van der Waals surface area contributed by atoms with Gasteiger partial charge in [-0.2, -0.15) is 0 Å². The molecule has 2 aromatic rings. The smallest absolute Gasteiger partial charge is 0.330 e. The van der Waals surface area contributed by atoms with Crippen molar-refractivity contribution < 1.29 is 4.79 Å². The summed E-state index contributed by atoms with van der Waals surface area (Å²) in [5.74, 6) is -0.156. The molecule has 2 rings (SSSR count). The monoisotopic (exact) mass is 365 g/mol. The molecule has 0 aliphatic rings. The third-order valence-electron chi connectivity index (χ3n) is 3.75. The van der Waals surface area contributed by atoms with Crippen molar-refractivity contribution in [1.82, 2.24) is 14.9 Å². The Morgan fingerprint density at radius 2 is 2.20 bits per heavy atom. The highest BCUT2D eigenvalue weighted by Gasteiger charge is 2.18. The van der Waals surface area contributed by atoms with E-state index in [0.717, 1.165) is 17.7 Å². The number of aromatic amines is 1. The Balaban J connectivity index is 2.12. The molecule has 0 fully saturated rings. The maximum atomic E-state index is 12.1. The molecule has 25 heavy (non-hydrogen) atoms. The Morgan fingerprint density at radius 3 is 2.84 bits per heavy atom. The van der Waals surface area contributed by atoms with Gasteiger partial charge in [-0.1, -0.05) is 19.4 Å². The van der Waals surface area contributed by atoms with E-state index in [1.54, 1.807) is 18.4 Å². The molecule has 0 saturated carbocycles. The van der Waals surface area contributed by atoms with Gasteiger partial charge in [0.15, 0.2) is 0 Å². The predicted molar refractivity (Wildman–Crippen MR) is 100 cm³/mol. The van der Waals surface area contributed by atoms with Gasteiger partial charge in [-0.05, 0) is 17.9 Å². The minimum atomic E-state index is -0.594. The van der Waals surface area contributed by atoms with Gasteiger partial charge in [0.05, 0.1) is 13.1 Å². The number of nitrogen functional groups attached to an aromatic ring is 1. The molecule has 2 aromatic heterocycles. The van der Waals surface area contributed by atoms with Crippen molar-refractivity contribution >= 4 is 28.7 Å². The molecule has 0 atom stereocenters. The molecular formula is C16H23N5O3S. The Morgan fingerprint density at radius 1 is 1.44 bits per heavy atom. The minimum absolute atomic E-state index is 0.0371. The molecule has 136 valence electrons. The van der Waals surface area contributed by atoms with Crippen molar-refractivity contribution in [1.29, 1.82) is 0 Å². The van der Waals surface area contributed by atoms with Gasteiger partial charge in [0.25, 0.3) is 5.56 Å². The van der Waals surface area contributed by atoms with E-state index in [1.165, 1.54) is 9.47 Å². The summed E-state index contributed by atoms with van der Waals surface area (Å²) in [4.78, 5) is 40.9. The number of unbranched alkanes of at least 4 members (excludes halogenated alkanes) is 1. The first-order chi connectivity index (χ1) is 11.9. The van der Waals surface area contributed by atoms with Gasteiger partial charge in [0.2, 0.25) is 5.91 Å². The molecule has 2 heterocycles. The van der Waals surface area contributed by atoms with Crippen molar-refractivity contribution in [2.45, 2.75) is 32.9 Å². The largest absolute Gasteiger partial charge is 0.383 e. The van der Waals surface area contributed by atoms with Gasteiger partial charge in [-0.15, -0.1) is 11.3 Å². The number of aromatic nitrogens is 2. The molecule has 1 amide bonds. The third-order valence-corrected chi connectivity index (χ3v) is 4.63. The van der Waals surface area contributed by atoms with Gasteiger partial charge >= 0.3 is 5.69 Å². The molecule has 0 bridgehead atoms. The normalized spacial score (nSPS) is 10.6. The second-order valence-corrected chi connectivity index (χ2v) is 6.74. The van der Waals surface area contributed by atoms with E-state index in [1.807, 2.05) is 24.4 Å². The summed E-state index contributed by atoms with van der Waals surface area (Å²) in [6, 6.07) is 3.85. The molecule has 0 aliphatic carbocycles. The van der Waals surface area contributed by atoms with Crippen LogP contribution in [-0.2, 0) is 17.9 Å². The minimum Gasteiger partial charge on any atom is -0.383 e. The lowest BCUT2D eigenvalue weighted by atomic mass is 10.3.